The van der Waals surface area contributed by atoms with Gasteiger partial charge in [0.1, 0.15) is 28.7 Å². The number of anilines is 1. The van der Waals surface area contributed by atoms with Crippen LogP contribution in [0.25, 0.3) is 10.2 Å². The molecule has 70 heavy (non-hydrogen) atoms. The van der Waals surface area contributed by atoms with E-state index in [0.717, 1.165) is 47.5 Å². The van der Waals surface area contributed by atoms with E-state index in [-0.39, 0.29) is 48.4 Å². The van der Waals surface area contributed by atoms with Crippen molar-refractivity contribution in [1.82, 2.24) is 4.98 Å². The van der Waals surface area contributed by atoms with Crippen molar-refractivity contribution in [2.75, 3.05) is 31.4 Å². The second-order valence-electron chi connectivity index (χ2n) is 17.5. The lowest BCUT2D eigenvalue weighted by Gasteiger charge is -2.26. The average Bonchev–Trinajstić information content (AvgIpc) is 3.82. The van der Waals surface area contributed by atoms with Crippen LogP contribution in [-0.2, 0) is 28.7 Å². The molecule has 2 fully saturated rings. The molecule has 0 atom stereocenters. The number of para-hydroxylation sites is 1. The molecule has 1 heterocycles. The maximum absolute atomic E-state index is 13.7. The molecule has 1 aromatic heterocycles. The van der Waals surface area contributed by atoms with E-state index in [4.69, 9.17) is 28.4 Å². The number of hydrazone groups is 1. The minimum atomic E-state index is -0.453. The highest BCUT2D eigenvalue weighted by atomic mass is 32.1. The monoisotopic (exact) mass is 973 g/mol. The number of nitrogens with zero attached hydrogens (tertiary/aromatic N) is 3. The van der Waals surface area contributed by atoms with E-state index in [1.807, 2.05) is 43.3 Å². The Hall–Kier alpha value is -6.91. The minimum absolute atomic E-state index is 0.134. The van der Waals surface area contributed by atoms with Crippen molar-refractivity contribution >= 4 is 62.7 Å². The topological polar surface area (TPSA) is 189 Å². The van der Waals surface area contributed by atoms with Gasteiger partial charge in [-0.25, -0.2) is 14.8 Å². The number of rotatable bonds is 22. The molecule has 16 heteroatoms. The van der Waals surface area contributed by atoms with Crippen LogP contribution >= 0.6 is 11.3 Å². The van der Waals surface area contributed by atoms with Crippen LogP contribution in [0.3, 0.4) is 0 Å². The number of hydrogen-bond acceptors (Lipinski definition) is 16. The fourth-order valence-corrected chi connectivity index (χ4v) is 9.24. The number of ether oxygens (including phenoxy) is 6. The first-order valence-electron chi connectivity index (χ1n) is 23.9. The van der Waals surface area contributed by atoms with Gasteiger partial charge >= 0.3 is 29.8 Å². The summed E-state index contributed by atoms with van der Waals surface area (Å²) in [6.45, 7) is 6.17. The molecule has 1 N–H and O–H groups in total. The molecule has 2 saturated carbocycles. The largest absolute Gasteiger partial charge is 0.494 e. The minimum Gasteiger partial charge on any atom is -0.494 e. The number of aliphatic hydroxyl groups excluding tert-OH is 1. The lowest BCUT2D eigenvalue weighted by molar-refractivity contribution is -0.145. The summed E-state index contributed by atoms with van der Waals surface area (Å²) in [6, 6.07) is 26.5. The van der Waals surface area contributed by atoms with Crippen LogP contribution in [0.1, 0.15) is 88.2 Å². The summed E-state index contributed by atoms with van der Waals surface area (Å²) in [6.07, 6.45) is 9.71. The van der Waals surface area contributed by atoms with Crippen molar-refractivity contribution in [1.29, 1.82) is 0 Å². The highest BCUT2D eigenvalue weighted by Gasteiger charge is 2.34. The van der Waals surface area contributed by atoms with Crippen molar-refractivity contribution in [3.63, 3.8) is 0 Å². The second kappa shape index (κ2) is 25.6. The van der Waals surface area contributed by atoms with E-state index in [2.05, 4.69) is 16.7 Å². The van der Waals surface area contributed by atoms with Gasteiger partial charge in [0.05, 0.1) is 66.5 Å². The van der Waals surface area contributed by atoms with Crippen LogP contribution in [0.15, 0.2) is 109 Å². The predicted octanol–water partition coefficient (Wildman–Crippen LogP) is 9.74. The fourth-order valence-electron chi connectivity index (χ4n) is 8.29. The number of esters is 5. The molecule has 0 saturated heterocycles. The lowest BCUT2D eigenvalue weighted by atomic mass is 9.82. The maximum Gasteiger partial charge on any atom is 0.330 e. The number of aliphatic hydroxyl groups is 1. The number of aryl methyl sites for hydroxylation is 1. The van der Waals surface area contributed by atoms with Gasteiger partial charge in [0.25, 0.3) is 0 Å². The smallest absolute Gasteiger partial charge is 0.330 e. The molecule has 0 unspecified atom stereocenters. The number of carbonyl (C=O) groups is 5. The molecule has 0 aliphatic heterocycles. The van der Waals surface area contributed by atoms with Crippen LogP contribution in [0.4, 0.5) is 5.13 Å². The molecular formula is C54H59N3O12S. The first-order valence-corrected chi connectivity index (χ1v) is 24.7. The maximum atomic E-state index is 13.7. The van der Waals surface area contributed by atoms with E-state index in [1.54, 1.807) is 59.6 Å². The standard InChI is InChI=1S/C54H59N3O12S/c1-3-49(59)65-33-9-5-4-8-32-64-42-24-26-44(27-25-42)67-51(61)37-14-16-39(17-15-37)52(62)68-45-28-29-47(41(34-45)35-55-57(30-31-58)54-56-46-10-6-7-11-48(46)70-54)69-53(63)40-20-18-38(19-21-40)50(60)66-43-22-12-36(2)13-23-43/h3,6-7,10-13,22-29,34-35,37-40,58H,1,4-5,8-9,14-21,30-33H2,2H3/b55-35+/t37-,38-,39-,40-. The molecule has 7 rings (SSSR count). The van der Waals surface area contributed by atoms with Crippen molar-refractivity contribution in [2.45, 2.75) is 84.0 Å². The molecule has 0 radical (unpaired) electrons. The summed E-state index contributed by atoms with van der Waals surface area (Å²) in [5.74, 6) is -1.64. The van der Waals surface area contributed by atoms with E-state index < -0.39 is 29.7 Å². The molecular weight excluding hydrogens is 915 g/mol. The van der Waals surface area contributed by atoms with Gasteiger partial charge in [-0.2, -0.15) is 5.10 Å². The third-order valence-electron chi connectivity index (χ3n) is 12.3. The molecule has 0 bridgehead atoms. The van der Waals surface area contributed by atoms with Crippen LogP contribution < -0.4 is 28.7 Å². The lowest BCUT2D eigenvalue weighted by Crippen LogP contribution is -2.30. The van der Waals surface area contributed by atoms with E-state index in [9.17, 15) is 29.1 Å². The Kier molecular flexibility index (Phi) is 18.7. The summed E-state index contributed by atoms with van der Waals surface area (Å²) < 4.78 is 35.0. The zero-order valence-electron chi connectivity index (χ0n) is 39.3. The number of aromatic nitrogens is 1. The summed E-state index contributed by atoms with van der Waals surface area (Å²) in [7, 11) is 0. The zero-order valence-corrected chi connectivity index (χ0v) is 40.1. The molecule has 0 amide bonds. The number of hydrogen-bond donors (Lipinski definition) is 1. The SMILES string of the molecule is C=CC(=O)OCCCCCCOc1ccc(OC(=O)[C@H]2CC[C@H](C(=O)Oc3ccc(OC(=O)[C@H]4CC[C@H](C(=O)Oc5ccc(C)cc5)CC4)c(/C=N/N(CCO)c4nc5ccccc5s4)c3)CC2)cc1. The van der Waals surface area contributed by atoms with Gasteiger partial charge in [0, 0.05) is 11.6 Å². The van der Waals surface area contributed by atoms with Gasteiger partial charge in [-0.3, -0.25) is 19.2 Å². The first-order chi connectivity index (χ1) is 34.0. The Morgan fingerprint density at radius 2 is 1.19 bits per heavy atom. The first kappa shape index (κ1) is 51.0. The molecule has 15 nitrogen and oxygen atoms in total. The third-order valence-corrected chi connectivity index (χ3v) is 13.4. The van der Waals surface area contributed by atoms with Gasteiger partial charge in [0.2, 0.25) is 5.13 Å². The van der Waals surface area contributed by atoms with Gasteiger partial charge in [-0.15, -0.1) is 0 Å². The zero-order chi connectivity index (χ0) is 49.2. The van der Waals surface area contributed by atoms with Gasteiger partial charge in [-0.1, -0.05) is 47.7 Å². The molecule has 2 aliphatic rings. The summed E-state index contributed by atoms with van der Waals surface area (Å²) in [5.41, 5.74) is 2.19. The Morgan fingerprint density at radius 1 is 0.671 bits per heavy atom. The van der Waals surface area contributed by atoms with Gasteiger partial charge < -0.3 is 33.5 Å². The number of thiazole rings is 1. The summed E-state index contributed by atoms with van der Waals surface area (Å²) >= 11 is 1.41. The van der Waals surface area contributed by atoms with Crippen molar-refractivity contribution in [2.24, 2.45) is 28.8 Å². The number of benzene rings is 4. The van der Waals surface area contributed by atoms with E-state index >= 15 is 0 Å². The highest BCUT2D eigenvalue weighted by Crippen LogP contribution is 2.35. The third kappa shape index (κ3) is 14.8. The van der Waals surface area contributed by atoms with Crippen LogP contribution in [0, 0.1) is 30.6 Å². The number of carbonyl (C=O) groups excluding carboxylic acids is 5. The Balaban J connectivity index is 0.926. The van der Waals surface area contributed by atoms with Crippen LogP contribution in [0.5, 0.6) is 28.7 Å². The fraction of sp³-hybridized carbons (Fsp3) is 0.389. The van der Waals surface area contributed by atoms with Crippen molar-refractivity contribution in [3.8, 4) is 28.7 Å². The van der Waals surface area contributed by atoms with Crippen molar-refractivity contribution < 1.29 is 57.5 Å². The number of fused-ring (bicyclic) bond motifs is 1. The Morgan fingerprint density at radius 3 is 1.76 bits per heavy atom. The predicted molar refractivity (Wildman–Crippen MR) is 264 cm³/mol. The molecule has 2 aliphatic carbocycles. The van der Waals surface area contributed by atoms with Crippen molar-refractivity contribution in [3.05, 3.63) is 115 Å². The quantitative estimate of drug-likeness (QED) is 0.0172. The molecule has 368 valence electrons. The highest BCUT2D eigenvalue weighted by molar-refractivity contribution is 7.22. The molecule has 0 spiro atoms. The van der Waals surface area contributed by atoms with Gasteiger partial charge in [-0.05, 0) is 151 Å². The number of unbranched alkanes of at least 4 members (excludes halogenated alkanes) is 3. The van der Waals surface area contributed by atoms with E-state index in [0.29, 0.717) is 92.5 Å². The summed E-state index contributed by atoms with van der Waals surface area (Å²) in [5, 5.41) is 16.7. The van der Waals surface area contributed by atoms with E-state index in [1.165, 1.54) is 17.6 Å². The average molecular weight is 974 g/mol. The Labute approximate surface area is 411 Å². The summed E-state index contributed by atoms with van der Waals surface area (Å²) in [4.78, 5) is 69.1. The molecule has 5 aromatic rings. The van der Waals surface area contributed by atoms with Crippen LogP contribution in [-0.4, -0.2) is 72.5 Å². The van der Waals surface area contributed by atoms with Gasteiger partial charge in [0.15, 0.2) is 0 Å². The second-order valence-corrected chi connectivity index (χ2v) is 18.5. The van der Waals surface area contributed by atoms with Crippen LogP contribution in [0.2, 0.25) is 0 Å². The normalized spacial score (nSPS) is 17.9. The Bertz CT molecular complexity index is 2560. The molecule has 4 aromatic carbocycles.